The van der Waals surface area contributed by atoms with Crippen molar-refractivity contribution in [3.63, 3.8) is 0 Å². The van der Waals surface area contributed by atoms with Gasteiger partial charge in [-0.15, -0.1) is 0 Å². The molecule has 3 rings (SSSR count). The molecule has 1 unspecified atom stereocenters. The quantitative estimate of drug-likeness (QED) is 0.492. The zero-order valence-electron chi connectivity index (χ0n) is 13.5. The van der Waals surface area contributed by atoms with Crippen LogP contribution >= 0.6 is 12.2 Å². The van der Waals surface area contributed by atoms with E-state index in [1.165, 1.54) is 10.9 Å². The van der Waals surface area contributed by atoms with Crippen LogP contribution in [0.15, 0.2) is 66.9 Å². The summed E-state index contributed by atoms with van der Waals surface area (Å²) in [6.45, 7) is 2.74. The lowest BCUT2D eigenvalue weighted by atomic mass is 10.1. The van der Waals surface area contributed by atoms with Crippen molar-refractivity contribution in [1.29, 1.82) is 0 Å². The van der Waals surface area contributed by atoms with Crippen molar-refractivity contribution in [3.8, 4) is 0 Å². The average Bonchev–Trinajstić information content (AvgIpc) is 2.65. The van der Waals surface area contributed by atoms with Crippen LogP contribution in [0.25, 0.3) is 10.8 Å². The smallest absolute Gasteiger partial charge is 0.181 e. The molecule has 0 aliphatic heterocycles. The van der Waals surface area contributed by atoms with E-state index in [0.717, 1.165) is 11.1 Å². The summed E-state index contributed by atoms with van der Waals surface area (Å²) in [4.78, 5) is 4.51. The van der Waals surface area contributed by atoms with Gasteiger partial charge in [-0.3, -0.25) is 10.4 Å². The summed E-state index contributed by atoms with van der Waals surface area (Å²) >= 11 is 5.29. The third kappa shape index (κ3) is 4.28. The average molecular weight is 336 g/mol. The van der Waals surface area contributed by atoms with Crippen LogP contribution in [0.4, 0.5) is 0 Å². The molecule has 122 valence electrons. The molecule has 1 atom stereocenters. The molecule has 0 fully saturated rings. The lowest BCUT2D eigenvalue weighted by Gasteiger charge is -2.17. The van der Waals surface area contributed by atoms with Crippen molar-refractivity contribution >= 4 is 28.1 Å². The minimum atomic E-state index is 0.0334. The second-order valence-electron chi connectivity index (χ2n) is 5.62. The highest BCUT2D eigenvalue weighted by molar-refractivity contribution is 7.80. The number of hydrogen-bond donors (Lipinski definition) is 3. The van der Waals surface area contributed by atoms with Crippen LogP contribution in [0.5, 0.6) is 0 Å². The molecule has 0 bridgehead atoms. The number of pyridine rings is 1. The molecule has 0 amide bonds. The van der Waals surface area contributed by atoms with E-state index < -0.39 is 0 Å². The van der Waals surface area contributed by atoms with Crippen LogP contribution in [0.1, 0.15) is 24.2 Å². The molecule has 0 saturated heterocycles. The standard InChI is InChI=1S/C19H20N4S/c1-14(18-11-16-9-5-6-10-17(16)13-20-18)22-23-19(24)21-12-15-7-3-2-4-8-15/h2-11,13-14,22H,12H2,1H3,(H2,21,23,24). The van der Waals surface area contributed by atoms with E-state index in [0.29, 0.717) is 11.7 Å². The molecular weight excluding hydrogens is 316 g/mol. The Labute approximate surface area is 147 Å². The van der Waals surface area contributed by atoms with E-state index in [1.54, 1.807) is 0 Å². The number of fused-ring (bicyclic) bond motifs is 1. The van der Waals surface area contributed by atoms with E-state index in [4.69, 9.17) is 12.2 Å². The van der Waals surface area contributed by atoms with Gasteiger partial charge >= 0.3 is 0 Å². The van der Waals surface area contributed by atoms with Gasteiger partial charge in [0.25, 0.3) is 0 Å². The Kier molecular flexibility index (Phi) is 5.36. The maximum atomic E-state index is 5.29. The van der Waals surface area contributed by atoms with Gasteiger partial charge in [-0.2, -0.15) is 0 Å². The lowest BCUT2D eigenvalue weighted by molar-refractivity contribution is 0.529. The fraction of sp³-hybridized carbons (Fsp3) is 0.158. The second-order valence-corrected chi connectivity index (χ2v) is 6.02. The summed E-state index contributed by atoms with van der Waals surface area (Å²) < 4.78 is 0. The van der Waals surface area contributed by atoms with Crippen LogP contribution in [0.2, 0.25) is 0 Å². The Morgan fingerprint density at radius 1 is 1.04 bits per heavy atom. The first-order valence-electron chi connectivity index (χ1n) is 7.90. The maximum absolute atomic E-state index is 5.29. The largest absolute Gasteiger partial charge is 0.358 e. The van der Waals surface area contributed by atoms with Crippen molar-refractivity contribution in [2.75, 3.05) is 0 Å². The molecule has 0 spiro atoms. The minimum absolute atomic E-state index is 0.0334. The normalized spacial score (nSPS) is 11.9. The minimum Gasteiger partial charge on any atom is -0.358 e. The molecule has 2 aromatic carbocycles. The summed E-state index contributed by atoms with van der Waals surface area (Å²) in [6, 6.07) is 20.5. The lowest BCUT2D eigenvalue weighted by Crippen LogP contribution is -2.44. The number of nitrogens with one attached hydrogen (secondary N) is 3. The predicted octanol–water partition coefficient (Wildman–Crippen LogP) is 3.46. The molecule has 0 radical (unpaired) electrons. The third-order valence-corrected chi connectivity index (χ3v) is 4.04. The number of hydrogen-bond acceptors (Lipinski definition) is 3. The summed E-state index contributed by atoms with van der Waals surface area (Å²) in [5, 5.41) is 6.06. The molecule has 3 N–H and O–H groups in total. The van der Waals surface area contributed by atoms with Gasteiger partial charge < -0.3 is 5.32 Å². The van der Waals surface area contributed by atoms with Crippen LogP contribution in [0.3, 0.4) is 0 Å². The van der Waals surface area contributed by atoms with Crippen LogP contribution in [0, 0.1) is 0 Å². The van der Waals surface area contributed by atoms with Gasteiger partial charge in [-0.25, -0.2) is 5.43 Å². The molecule has 0 aliphatic rings. The molecule has 0 aliphatic carbocycles. The molecule has 4 nitrogen and oxygen atoms in total. The van der Waals surface area contributed by atoms with E-state index in [9.17, 15) is 0 Å². The van der Waals surface area contributed by atoms with Crippen molar-refractivity contribution in [1.82, 2.24) is 21.2 Å². The second kappa shape index (κ2) is 7.86. The van der Waals surface area contributed by atoms with Gasteiger partial charge in [0.1, 0.15) is 0 Å². The summed E-state index contributed by atoms with van der Waals surface area (Å²) in [5.41, 5.74) is 8.36. The van der Waals surface area contributed by atoms with Gasteiger partial charge in [0.05, 0.1) is 11.7 Å². The number of thiocarbonyl (C=S) groups is 1. The molecule has 0 saturated carbocycles. The highest BCUT2D eigenvalue weighted by Gasteiger charge is 2.07. The molecule has 24 heavy (non-hydrogen) atoms. The van der Waals surface area contributed by atoms with E-state index in [1.807, 2.05) is 43.5 Å². The van der Waals surface area contributed by atoms with Crippen LogP contribution in [-0.4, -0.2) is 10.1 Å². The summed E-state index contributed by atoms with van der Waals surface area (Å²) in [6.07, 6.45) is 1.90. The fourth-order valence-corrected chi connectivity index (χ4v) is 2.54. The van der Waals surface area contributed by atoms with Gasteiger partial charge in [0, 0.05) is 18.1 Å². The predicted molar refractivity (Wildman–Crippen MR) is 102 cm³/mol. The van der Waals surface area contributed by atoms with E-state index >= 15 is 0 Å². The Bertz CT molecular complexity index is 820. The third-order valence-electron chi connectivity index (χ3n) is 3.79. The zero-order chi connectivity index (χ0) is 16.8. The topological polar surface area (TPSA) is 49.0 Å². The molecule has 3 aromatic rings. The molecule has 5 heteroatoms. The number of aromatic nitrogens is 1. The monoisotopic (exact) mass is 336 g/mol. The SMILES string of the molecule is CC(NNC(=S)NCc1ccccc1)c1cc2ccccc2cn1. The summed E-state index contributed by atoms with van der Waals surface area (Å²) in [5.74, 6) is 0. The van der Waals surface area contributed by atoms with Gasteiger partial charge in [-0.05, 0) is 36.2 Å². The highest BCUT2D eigenvalue weighted by atomic mass is 32.1. The Balaban J connectivity index is 1.52. The first-order valence-corrected chi connectivity index (χ1v) is 8.31. The van der Waals surface area contributed by atoms with Gasteiger partial charge in [-0.1, -0.05) is 54.6 Å². The van der Waals surface area contributed by atoms with Crippen molar-refractivity contribution in [3.05, 3.63) is 78.1 Å². The number of benzene rings is 2. The van der Waals surface area contributed by atoms with Gasteiger partial charge in [0.15, 0.2) is 5.11 Å². The van der Waals surface area contributed by atoms with Crippen molar-refractivity contribution in [2.24, 2.45) is 0 Å². The van der Waals surface area contributed by atoms with Crippen molar-refractivity contribution in [2.45, 2.75) is 19.5 Å². The van der Waals surface area contributed by atoms with Gasteiger partial charge in [0.2, 0.25) is 0 Å². The maximum Gasteiger partial charge on any atom is 0.181 e. The first kappa shape index (κ1) is 16.4. The Morgan fingerprint density at radius 3 is 2.54 bits per heavy atom. The van der Waals surface area contributed by atoms with Crippen LogP contribution < -0.4 is 16.2 Å². The fourth-order valence-electron chi connectivity index (χ4n) is 2.41. The molecule has 1 heterocycles. The van der Waals surface area contributed by atoms with E-state index in [2.05, 4.69) is 51.5 Å². The van der Waals surface area contributed by atoms with E-state index in [-0.39, 0.29) is 6.04 Å². The van der Waals surface area contributed by atoms with Crippen molar-refractivity contribution < 1.29 is 0 Å². The first-order chi connectivity index (χ1) is 11.7. The Morgan fingerprint density at radius 2 is 1.75 bits per heavy atom. The molecular formula is C19H20N4S. The zero-order valence-corrected chi connectivity index (χ0v) is 14.3. The Hall–Kier alpha value is -2.50. The number of rotatable bonds is 5. The highest BCUT2D eigenvalue weighted by Crippen LogP contribution is 2.17. The summed E-state index contributed by atoms with van der Waals surface area (Å²) in [7, 11) is 0. The van der Waals surface area contributed by atoms with Crippen LogP contribution in [-0.2, 0) is 6.54 Å². The number of hydrazine groups is 1. The number of nitrogens with zero attached hydrogens (tertiary/aromatic N) is 1. The molecule has 1 aromatic heterocycles.